The first kappa shape index (κ1) is 18.2. The van der Waals surface area contributed by atoms with Gasteiger partial charge in [0.05, 0.1) is 6.04 Å². The zero-order valence-corrected chi connectivity index (χ0v) is 14.0. The van der Waals surface area contributed by atoms with Gasteiger partial charge in [0.2, 0.25) is 0 Å². The Morgan fingerprint density at radius 3 is 2.79 bits per heavy atom. The molecule has 0 aromatic heterocycles. The summed E-state index contributed by atoms with van der Waals surface area (Å²) in [5, 5.41) is 2.69. The van der Waals surface area contributed by atoms with E-state index in [9.17, 15) is 18.4 Å². The molecule has 0 radical (unpaired) electrons. The highest BCUT2D eigenvalue weighted by molar-refractivity contribution is 5.94. The van der Waals surface area contributed by atoms with Gasteiger partial charge in [-0.25, -0.2) is 13.6 Å². The summed E-state index contributed by atoms with van der Waals surface area (Å²) in [4.78, 5) is 26.7. The molecule has 1 aliphatic heterocycles. The summed E-state index contributed by atoms with van der Waals surface area (Å²) in [6.45, 7) is 0.707. The summed E-state index contributed by atoms with van der Waals surface area (Å²) in [6, 6.07) is 5.76. The molecular weight excluding hydrogens is 316 g/mol. The number of alkyl halides is 2. The molecule has 0 aliphatic carbocycles. The van der Waals surface area contributed by atoms with E-state index < -0.39 is 18.5 Å². The van der Waals surface area contributed by atoms with Crippen molar-refractivity contribution >= 4 is 11.9 Å². The fraction of sp³-hybridized carbons (Fsp3) is 0.529. The second-order valence-corrected chi connectivity index (χ2v) is 6.12. The van der Waals surface area contributed by atoms with Crippen molar-refractivity contribution < 1.29 is 18.4 Å². The summed E-state index contributed by atoms with van der Waals surface area (Å²) in [5.41, 5.74) is 1.50. The molecule has 1 aliphatic rings. The molecule has 7 heteroatoms. The van der Waals surface area contributed by atoms with Crippen LogP contribution in [0, 0.1) is 0 Å². The number of nitrogens with one attached hydrogen (secondary N) is 1. The minimum absolute atomic E-state index is 0.0854. The highest BCUT2D eigenvalue weighted by atomic mass is 19.3. The van der Waals surface area contributed by atoms with E-state index in [2.05, 4.69) is 5.32 Å². The number of rotatable bonds is 5. The number of carbonyl (C=O) groups excluding carboxylic acids is 2. The number of hydrogen-bond acceptors (Lipinski definition) is 2. The molecule has 132 valence electrons. The lowest BCUT2D eigenvalue weighted by Gasteiger charge is -2.24. The minimum atomic E-state index is -2.51. The first-order chi connectivity index (χ1) is 11.4. The lowest BCUT2D eigenvalue weighted by Crippen LogP contribution is -2.46. The largest absolute Gasteiger partial charge is 0.345 e. The molecular formula is C17H23F2N3O2. The molecule has 0 unspecified atom stereocenters. The molecule has 0 spiro atoms. The van der Waals surface area contributed by atoms with Crippen molar-refractivity contribution in [3.05, 3.63) is 35.4 Å². The Balaban J connectivity index is 1.87. The van der Waals surface area contributed by atoms with E-state index in [4.69, 9.17) is 0 Å². The smallest absolute Gasteiger partial charge is 0.317 e. The molecule has 1 fully saturated rings. The molecule has 1 aromatic carbocycles. The van der Waals surface area contributed by atoms with Crippen LogP contribution in [-0.2, 0) is 6.42 Å². The maximum atomic E-state index is 12.9. The number of urea groups is 1. The molecule has 1 N–H and O–H groups in total. The van der Waals surface area contributed by atoms with Crippen molar-refractivity contribution in [1.82, 2.24) is 15.1 Å². The summed E-state index contributed by atoms with van der Waals surface area (Å²) in [7, 11) is 3.37. The third-order valence-corrected chi connectivity index (χ3v) is 4.12. The predicted molar refractivity (Wildman–Crippen MR) is 87.3 cm³/mol. The van der Waals surface area contributed by atoms with Crippen molar-refractivity contribution in [2.45, 2.75) is 31.7 Å². The van der Waals surface area contributed by atoms with Crippen molar-refractivity contribution in [2.75, 3.05) is 27.2 Å². The minimum Gasteiger partial charge on any atom is -0.345 e. The number of carbonyl (C=O) groups is 2. The van der Waals surface area contributed by atoms with Gasteiger partial charge in [0.25, 0.3) is 12.3 Å². The number of likely N-dealkylation sites (tertiary alicyclic amines) is 1. The standard InChI is InChI=1S/C17H23F2N3O2/c1-21(2)16(23)13-6-3-5-12(11-13)8-9-20-17(24)22-10-4-7-14(22)15(18)19/h3,5-6,11,14-15H,4,7-10H2,1-2H3,(H,20,24)/t14-/m0/s1. The van der Waals surface area contributed by atoms with Crippen molar-refractivity contribution in [3.63, 3.8) is 0 Å². The fourth-order valence-corrected chi connectivity index (χ4v) is 2.84. The maximum absolute atomic E-state index is 12.9. The number of benzene rings is 1. The molecule has 1 heterocycles. The highest BCUT2D eigenvalue weighted by Crippen LogP contribution is 2.22. The summed E-state index contributed by atoms with van der Waals surface area (Å²) >= 11 is 0. The zero-order valence-electron chi connectivity index (χ0n) is 14.0. The van der Waals surface area contributed by atoms with Crippen LogP contribution in [0.4, 0.5) is 13.6 Å². The van der Waals surface area contributed by atoms with Gasteiger partial charge in [0.1, 0.15) is 0 Å². The maximum Gasteiger partial charge on any atom is 0.317 e. The van der Waals surface area contributed by atoms with Gasteiger partial charge in [-0.15, -0.1) is 0 Å². The van der Waals surface area contributed by atoms with Gasteiger partial charge in [0.15, 0.2) is 0 Å². The van der Waals surface area contributed by atoms with Crippen LogP contribution in [0.1, 0.15) is 28.8 Å². The van der Waals surface area contributed by atoms with E-state index in [0.29, 0.717) is 37.9 Å². The number of amides is 3. The number of nitrogens with zero attached hydrogens (tertiary/aromatic N) is 2. The van der Waals surface area contributed by atoms with Crippen molar-refractivity contribution in [3.8, 4) is 0 Å². The molecule has 0 bridgehead atoms. The lowest BCUT2D eigenvalue weighted by atomic mass is 10.1. The SMILES string of the molecule is CN(C)C(=O)c1cccc(CCNC(=O)N2CCC[C@H]2C(F)F)c1. The van der Waals surface area contributed by atoms with Crippen LogP contribution in [0.25, 0.3) is 0 Å². The summed E-state index contributed by atoms with van der Waals surface area (Å²) in [6.07, 6.45) is -1.02. The van der Waals surface area contributed by atoms with Crippen LogP contribution in [0.15, 0.2) is 24.3 Å². The van der Waals surface area contributed by atoms with Crippen LogP contribution in [0.2, 0.25) is 0 Å². The molecule has 1 aromatic rings. The lowest BCUT2D eigenvalue weighted by molar-refractivity contribution is 0.0608. The summed E-state index contributed by atoms with van der Waals surface area (Å²) in [5.74, 6) is -0.0854. The Morgan fingerprint density at radius 1 is 1.38 bits per heavy atom. The quantitative estimate of drug-likeness (QED) is 0.895. The van der Waals surface area contributed by atoms with Gasteiger partial charge in [-0.2, -0.15) is 0 Å². The second-order valence-electron chi connectivity index (χ2n) is 6.12. The second kappa shape index (κ2) is 8.08. The Morgan fingerprint density at radius 2 is 2.12 bits per heavy atom. The van der Waals surface area contributed by atoms with Gasteiger partial charge in [0, 0.05) is 32.7 Å². The molecule has 1 atom stereocenters. The first-order valence-electron chi connectivity index (χ1n) is 8.03. The van der Waals surface area contributed by atoms with Crippen molar-refractivity contribution in [2.24, 2.45) is 0 Å². The normalized spacial score (nSPS) is 17.2. The van der Waals surface area contributed by atoms with Gasteiger partial charge in [-0.3, -0.25) is 4.79 Å². The van der Waals surface area contributed by atoms with Gasteiger partial charge >= 0.3 is 6.03 Å². The van der Waals surface area contributed by atoms with Crippen LogP contribution in [0.3, 0.4) is 0 Å². The van der Waals surface area contributed by atoms with E-state index in [0.717, 1.165) is 5.56 Å². The van der Waals surface area contributed by atoms with Crippen LogP contribution < -0.4 is 5.32 Å². The Bertz CT molecular complexity index is 593. The Kier molecular flexibility index (Phi) is 6.11. The fourth-order valence-electron chi connectivity index (χ4n) is 2.84. The van der Waals surface area contributed by atoms with Crippen LogP contribution in [-0.4, -0.2) is 61.4 Å². The van der Waals surface area contributed by atoms with Crippen LogP contribution in [0.5, 0.6) is 0 Å². The zero-order chi connectivity index (χ0) is 17.7. The number of halogens is 2. The average Bonchev–Trinajstić information content (AvgIpc) is 3.04. The van der Waals surface area contributed by atoms with Gasteiger partial charge in [-0.05, 0) is 37.0 Å². The summed E-state index contributed by atoms with van der Waals surface area (Å²) < 4.78 is 25.7. The first-order valence-corrected chi connectivity index (χ1v) is 8.03. The van der Waals surface area contributed by atoms with E-state index in [1.807, 2.05) is 6.07 Å². The average molecular weight is 339 g/mol. The van der Waals surface area contributed by atoms with E-state index in [-0.39, 0.29) is 5.91 Å². The van der Waals surface area contributed by atoms with Crippen LogP contribution >= 0.6 is 0 Å². The topological polar surface area (TPSA) is 52.7 Å². The van der Waals surface area contributed by atoms with Gasteiger partial charge in [-0.1, -0.05) is 12.1 Å². The molecule has 3 amide bonds. The van der Waals surface area contributed by atoms with E-state index in [1.54, 1.807) is 32.3 Å². The molecule has 24 heavy (non-hydrogen) atoms. The number of hydrogen-bond donors (Lipinski definition) is 1. The molecule has 2 rings (SSSR count). The molecule has 5 nitrogen and oxygen atoms in total. The molecule has 0 saturated carbocycles. The third kappa shape index (κ3) is 4.43. The predicted octanol–water partition coefficient (Wildman–Crippen LogP) is 2.37. The van der Waals surface area contributed by atoms with E-state index in [1.165, 1.54) is 9.80 Å². The monoisotopic (exact) mass is 339 g/mol. The van der Waals surface area contributed by atoms with E-state index >= 15 is 0 Å². The highest BCUT2D eigenvalue weighted by Gasteiger charge is 2.34. The third-order valence-electron chi connectivity index (χ3n) is 4.12. The molecule has 1 saturated heterocycles. The van der Waals surface area contributed by atoms with Crippen molar-refractivity contribution in [1.29, 1.82) is 0 Å². The Labute approximate surface area is 140 Å². The van der Waals surface area contributed by atoms with Gasteiger partial charge < -0.3 is 15.1 Å². The Hall–Kier alpha value is -2.18.